The summed E-state index contributed by atoms with van der Waals surface area (Å²) < 4.78 is 0. The van der Waals surface area contributed by atoms with Crippen molar-refractivity contribution >= 4 is 5.78 Å². The van der Waals surface area contributed by atoms with Crippen LogP contribution in [0.1, 0.15) is 51.0 Å². The fourth-order valence-electron chi connectivity index (χ4n) is 3.47. The highest BCUT2D eigenvalue weighted by molar-refractivity contribution is 5.90. The number of ketones is 1. The maximum atomic E-state index is 11.4. The Morgan fingerprint density at radius 3 is 2.40 bits per heavy atom. The average Bonchev–Trinajstić information content (AvgIpc) is 2.47. The molecule has 1 aromatic carbocycles. The lowest BCUT2D eigenvalue weighted by atomic mass is 9.72. The Kier molecular flexibility index (Phi) is 4.99. The summed E-state index contributed by atoms with van der Waals surface area (Å²) in [7, 11) is 0. The number of aromatic hydroxyl groups is 1. The van der Waals surface area contributed by atoms with Crippen molar-refractivity contribution in [2.45, 2.75) is 45.4 Å². The number of phenolic OH excluding ortho intramolecular Hbond substituents is 1. The Hall–Kier alpha value is -1.57. The highest BCUT2D eigenvalue weighted by Gasteiger charge is 2.28. The van der Waals surface area contributed by atoms with Gasteiger partial charge in [0.15, 0.2) is 5.78 Å². The van der Waals surface area contributed by atoms with Crippen LogP contribution >= 0.6 is 0 Å². The van der Waals surface area contributed by atoms with Gasteiger partial charge in [-0.25, -0.2) is 0 Å². The Labute approximate surface area is 121 Å². The SMILES string of the molecule is CC[C@H](C1C=CC(=O)CC1)[C@@H](CC)c1ccc(O)cc1. The van der Waals surface area contributed by atoms with Gasteiger partial charge in [-0.05, 0) is 54.4 Å². The molecule has 2 nitrogen and oxygen atoms in total. The van der Waals surface area contributed by atoms with Crippen LogP contribution in [0.5, 0.6) is 5.75 Å². The molecule has 1 aliphatic carbocycles. The van der Waals surface area contributed by atoms with E-state index in [0.29, 0.717) is 29.9 Å². The lowest BCUT2D eigenvalue weighted by molar-refractivity contribution is -0.115. The quantitative estimate of drug-likeness (QED) is 0.860. The molecule has 0 spiro atoms. The zero-order valence-electron chi connectivity index (χ0n) is 12.4. The molecule has 0 aromatic heterocycles. The second-order valence-electron chi connectivity index (χ2n) is 5.71. The predicted octanol–water partition coefficient (Wildman–Crippen LogP) is 4.45. The van der Waals surface area contributed by atoms with E-state index >= 15 is 0 Å². The fourth-order valence-corrected chi connectivity index (χ4v) is 3.47. The normalized spacial score (nSPS) is 21.7. The van der Waals surface area contributed by atoms with Crippen LogP contribution in [0.25, 0.3) is 0 Å². The van der Waals surface area contributed by atoms with E-state index in [9.17, 15) is 9.90 Å². The van der Waals surface area contributed by atoms with Crippen LogP contribution < -0.4 is 0 Å². The first-order chi connectivity index (χ1) is 9.65. The highest BCUT2D eigenvalue weighted by atomic mass is 16.3. The molecule has 108 valence electrons. The molecule has 0 aliphatic heterocycles. The predicted molar refractivity (Wildman–Crippen MR) is 81.8 cm³/mol. The number of hydrogen-bond donors (Lipinski definition) is 1. The molecule has 0 fully saturated rings. The van der Waals surface area contributed by atoms with E-state index in [0.717, 1.165) is 19.3 Å². The van der Waals surface area contributed by atoms with Crippen LogP contribution in [0.4, 0.5) is 0 Å². The van der Waals surface area contributed by atoms with Crippen LogP contribution in [0.2, 0.25) is 0 Å². The van der Waals surface area contributed by atoms with Gasteiger partial charge >= 0.3 is 0 Å². The molecule has 0 heterocycles. The molecule has 1 unspecified atom stereocenters. The first-order valence-electron chi connectivity index (χ1n) is 7.65. The van der Waals surface area contributed by atoms with Crippen molar-refractivity contribution in [3.05, 3.63) is 42.0 Å². The summed E-state index contributed by atoms with van der Waals surface area (Å²) in [5.74, 6) is 2.13. The van der Waals surface area contributed by atoms with Gasteiger partial charge < -0.3 is 5.11 Å². The minimum absolute atomic E-state index is 0.258. The lowest BCUT2D eigenvalue weighted by Gasteiger charge is -2.32. The molecule has 0 radical (unpaired) electrons. The number of carbonyl (C=O) groups is 1. The third-order valence-corrected chi connectivity index (χ3v) is 4.55. The van der Waals surface area contributed by atoms with Gasteiger partial charge in [0, 0.05) is 6.42 Å². The van der Waals surface area contributed by atoms with Crippen LogP contribution in [0.3, 0.4) is 0 Å². The van der Waals surface area contributed by atoms with E-state index < -0.39 is 0 Å². The van der Waals surface area contributed by atoms with Gasteiger partial charge in [0.2, 0.25) is 0 Å². The lowest BCUT2D eigenvalue weighted by Crippen LogP contribution is -2.23. The van der Waals surface area contributed by atoms with Crippen LogP contribution in [-0.2, 0) is 4.79 Å². The third-order valence-electron chi connectivity index (χ3n) is 4.55. The summed E-state index contributed by atoms with van der Waals surface area (Å²) in [5.41, 5.74) is 1.29. The second-order valence-corrected chi connectivity index (χ2v) is 5.71. The summed E-state index contributed by atoms with van der Waals surface area (Å²) in [6.07, 6.45) is 7.74. The molecule has 0 saturated heterocycles. The summed E-state index contributed by atoms with van der Waals surface area (Å²) in [6.45, 7) is 4.45. The van der Waals surface area contributed by atoms with Crippen LogP contribution in [-0.4, -0.2) is 10.9 Å². The summed E-state index contributed by atoms with van der Waals surface area (Å²) in [5, 5.41) is 9.44. The number of phenols is 1. The zero-order chi connectivity index (χ0) is 14.5. The minimum Gasteiger partial charge on any atom is -0.508 e. The van der Waals surface area contributed by atoms with Crippen molar-refractivity contribution < 1.29 is 9.90 Å². The maximum Gasteiger partial charge on any atom is 0.155 e. The van der Waals surface area contributed by atoms with E-state index in [1.807, 2.05) is 12.1 Å². The number of hydrogen-bond acceptors (Lipinski definition) is 2. The Morgan fingerprint density at radius 2 is 1.90 bits per heavy atom. The van der Waals surface area contributed by atoms with Gasteiger partial charge in [-0.3, -0.25) is 4.79 Å². The molecule has 0 saturated carbocycles. The Balaban J connectivity index is 2.21. The van der Waals surface area contributed by atoms with Crippen molar-refractivity contribution in [2.75, 3.05) is 0 Å². The van der Waals surface area contributed by atoms with Crippen molar-refractivity contribution in [1.82, 2.24) is 0 Å². The molecule has 1 N–H and O–H groups in total. The second kappa shape index (κ2) is 6.74. The highest BCUT2D eigenvalue weighted by Crippen LogP contribution is 2.39. The summed E-state index contributed by atoms with van der Waals surface area (Å²) in [6, 6.07) is 7.60. The smallest absolute Gasteiger partial charge is 0.155 e. The molecule has 3 atom stereocenters. The molecule has 2 rings (SSSR count). The van der Waals surface area contributed by atoms with Gasteiger partial charge in [-0.1, -0.05) is 38.5 Å². The van der Waals surface area contributed by atoms with E-state index in [2.05, 4.69) is 19.9 Å². The van der Waals surface area contributed by atoms with E-state index in [-0.39, 0.29) is 5.78 Å². The topological polar surface area (TPSA) is 37.3 Å². The summed E-state index contributed by atoms with van der Waals surface area (Å²) >= 11 is 0. The number of carbonyl (C=O) groups excluding carboxylic acids is 1. The minimum atomic E-state index is 0.258. The molecular weight excluding hydrogens is 248 g/mol. The maximum absolute atomic E-state index is 11.4. The Bertz CT molecular complexity index is 473. The molecule has 1 aromatic rings. The number of allylic oxidation sites excluding steroid dienone is 2. The van der Waals surface area contributed by atoms with Crippen molar-refractivity contribution in [2.24, 2.45) is 11.8 Å². The largest absolute Gasteiger partial charge is 0.508 e. The Morgan fingerprint density at radius 1 is 1.20 bits per heavy atom. The fraction of sp³-hybridized carbons (Fsp3) is 0.500. The van der Waals surface area contributed by atoms with Crippen molar-refractivity contribution in [1.29, 1.82) is 0 Å². The van der Waals surface area contributed by atoms with Gasteiger partial charge in [-0.15, -0.1) is 0 Å². The van der Waals surface area contributed by atoms with Gasteiger partial charge in [-0.2, -0.15) is 0 Å². The number of benzene rings is 1. The molecule has 0 amide bonds. The van der Waals surface area contributed by atoms with Crippen LogP contribution in [0.15, 0.2) is 36.4 Å². The zero-order valence-corrected chi connectivity index (χ0v) is 12.4. The summed E-state index contributed by atoms with van der Waals surface area (Å²) in [4.78, 5) is 11.4. The van der Waals surface area contributed by atoms with Gasteiger partial charge in [0.25, 0.3) is 0 Å². The van der Waals surface area contributed by atoms with E-state index in [1.54, 1.807) is 18.2 Å². The first-order valence-corrected chi connectivity index (χ1v) is 7.65. The molecule has 1 aliphatic rings. The van der Waals surface area contributed by atoms with Crippen LogP contribution in [0, 0.1) is 11.8 Å². The van der Waals surface area contributed by atoms with E-state index in [4.69, 9.17) is 0 Å². The van der Waals surface area contributed by atoms with Crippen molar-refractivity contribution in [3.63, 3.8) is 0 Å². The van der Waals surface area contributed by atoms with Crippen molar-refractivity contribution in [3.8, 4) is 5.75 Å². The third kappa shape index (κ3) is 3.30. The molecule has 2 heteroatoms. The number of rotatable bonds is 5. The molecule has 0 bridgehead atoms. The monoisotopic (exact) mass is 272 g/mol. The van der Waals surface area contributed by atoms with Gasteiger partial charge in [0.05, 0.1) is 0 Å². The molecular formula is C18H24O2. The van der Waals surface area contributed by atoms with E-state index in [1.165, 1.54) is 5.56 Å². The average molecular weight is 272 g/mol. The first kappa shape index (κ1) is 14.8. The standard InChI is InChI=1S/C18H24O2/c1-3-17(13-5-9-15(19)10-6-13)18(4-2)14-7-11-16(20)12-8-14/h5-7,9-11,14,17-19H,3-4,8,12H2,1-2H3/t14?,17-,18+/m0/s1. The van der Waals surface area contributed by atoms with Gasteiger partial charge in [0.1, 0.15) is 5.75 Å². The molecule has 20 heavy (non-hydrogen) atoms.